The standard InChI is InChI=1S/C15H18N6O2/c1-15(2,8-16)20-13(22)11-5-10(7-19-11)21(3)14(23)12-4-9(17)6-18-12/h4-7,18-19H,17H2,1-3H3,(H,20,22). The van der Waals surface area contributed by atoms with E-state index >= 15 is 0 Å². The van der Waals surface area contributed by atoms with E-state index in [0.717, 1.165) is 0 Å². The molecule has 0 aliphatic heterocycles. The topological polar surface area (TPSA) is 131 Å². The van der Waals surface area contributed by atoms with Crippen molar-refractivity contribution >= 4 is 23.2 Å². The molecule has 0 aromatic carbocycles. The fourth-order valence-electron chi connectivity index (χ4n) is 1.92. The molecule has 0 fully saturated rings. The molecule has 8 heteroatoms. The van der Waals surface area contributed by atoms with Gasteiger partial charge in [-0.25, -0.2) is 0 Å². The minimum Gasteiger partial charge on any atom is -0.397 e. The van der Waals surface area contributed by atoms with E-state index in [1.54, 1.807) is 27.1 Å². The molecule has 0 aliphatic rings. The maximum Gasteiger partial charge on any atom is 0.274 e. The SMILES string of the molecule is CN(C(=O)c1cc(N)c[nH]1)c1c[nH]c(C(=O)NC(C)(C)C#N)c1. The number of nitriles is 1. The molecule has 2 aromatic rings. The molecule has 23 heavy (non-hydrogen) atoms. The Kier molecular flexibility index (Phi) is 4.14. The summed E-state index contributed by atoms with van der Waals surface area (Å²) < 4.78 is 0. The van der Waals surface area contributed by atoms with Crippen LogP contribution in [0.5, 0.6) is 0 Å². The zero-order valence-electron chi connectivity index (χ0n) is 13.1. The summed E-state index contributed by atoms with van der Waals surface area (Å²) in [6, 6.07) is 5.06. The van der Waals surface area contributed by atoms with Gasteiger partial charge in [0.25, 0.3) is 11.8 Å². The maximum absolute atomic E-state index is 12.3. The first-order chi connectivity index (χ1) is 10.7. The normalized spacial score (nSPS) is 10.9. The van der Waals surface area contributed by atoms with E-state index in [0.29, 0.717) is 17.1 Å². The summed E-state index contributed by atoms with van der Waals surface area (Å²) in [6.07, 6.45) is 3.07. The average molecular weight is 314 g/mol. The lowest BCUT2D eigenvalue weighted by molar-refractivity contribution is 0.0923. The summed E-state index contributed by atoms with van der Waals surface area (Å²) in [5, 5.41) is 11.5. The number of H-pyrrole nitrogens is 2. The molecule has 120 valence electrons. The van der Waals surface area contributed by atoms with Crippen molar-refractivity contribution < 1.29 is 9.59 Å². The van der Waals surface area contributed by atoms with Gasteiger partial charge in [-0.15, -0.1) is 0 Å². The Labute approximate surface area is 133 Å². The van der Waals surface area contributed by atoms with Crippen molar-refractivity contribution in [1.82, 2.24) is 15.3 Å². The molecule has 0 bridgehead atoms. The van der Waals surface area contributed by atoms with Crippen LogP contribution in [0.1, 0.15) is 34.8 Å². The van der Waals surface area contributed by atoms with Gasteiger partial charge in [-0.05, 0) is 26.0 Å². The second kappa shape index (κ2) is 5.88. The smallest absolute Gasteiger partial charge is 0.274 e. The molecule has 0 saturated heterocycles. The molecule has 5 N–H and O–H groups in total. The summed E-state index contributed by atoms with van der Waals surface area (Å²) in [7, 11) is 1.59. The number of nitrogens with one attached hydrogen (secondary N) is 3. The Balaban J connectivity index is 2.14. The number of nitrogens with two attached hydrogens (primary N) is 1. The zero-order chi connectivity index (χ0) is 17.2. The Bertz CT molecular complexity index is 780. The van der Waals surface area contributed by atoms with Crippen molar-refractivity contribution in [2.24, 2.45) is 0 Å². The Morgan fingerprint density at radius 3 is 2.48 bits per heavy atom. The average Bonchev–Trinajstić information content (AvgIpc) is 3.14. The van der Waals surface area contributed by atoms with Crippen molar-refractivity contribution in [1.29, 1.82) is 5.26 Å². The van der Waals surface area contributed by atoms with Crippen LogP contribution in [0.4, 0.5) is 11.4 Å². The van der Waals surface area contributed by atoms with Crippen LogP contribution in [-0.4, -0.2) is 34.4 Å². The second-order valence-corrected chi connectivity index (χ2v) is 5.67. The van der Waals surface area contributed by atoms with Gasteiger partial charge in [-0.3, -0.25) is 9.59 Å². The van der Waals surface area contributed by atoms with Crippen LogP contribution < -0.4 is 16.0 Å². The minimum atomic E-state index is -0.980. The number of hydrogen-bond donors (Lipinski definition) is 4. The van der Waals surface area contributed by atoms with Crippen LogP contribution in [-0.2, 0) is 0 Å². The highest BCUT2D eigenvalue weighted by Crippen LogP contribution is 2.18. The fraction of sp³-hybridized carbons (Fsp3) is 0.267. The molecule has 0 radical (unpaired) electrons. The largest absolute Gasteiger partial charge is 0.397 e. The molecule has 2 amide bonds. The van der Waals surface area contributed by atoms with Crippen molar-refractivity contribution in [2.75, 3.05) is 17.7 Å². The van der Waals surface area contributed by atoms with Crippen molar-refractivity contribution in [3.8, 4) is 6.07 Å². The van der Waals surface area contributed by atoms with Crippen LogP contribution >= 0.6 is 0 Å². The van der Waals surface area contributed by atoms with Gasteiger partial charge in [0.2, 0.25) is 0 Å². The Morgan fingerprint density at radius 2 is 1.91 bits per heavy atom. The lowest BCUT2D eigenvalue weighted by Gasteiger charge is -2.16. The van der Waals surface area contributed by atoms with Gasteiger partial charge in [-0.2, -0.15) is 5.26 Å². The number of amides is 2. The van der Waals surface area contributed by atoms with E-state index in [1.807, 2.05) is 6.07 Å². The van der Waals surface area contributed by atoms with Crippen LogP contribution in [0, 0.1) is 11.3 Å². The van der Waals surface area contributed by atoms with Crippen molar-refractivity contribution in [3.05, 3.63) is 35.9 Å². The molecule has 8 nitrogen and oxygen atoms in total. The molecule has 0 aliphatic carbocycles. The number of hydrogen-bond acceptors (Lipinski definition) is 4. The summed E-state index contributed by atoms with van der Waals surface area (Å²) >= 11 is 0. The molecular formula is C15H18N6O2. The first-order valence-corrected chi connectivity index (χ1v) is 6.87. The molecule has 2 aromatic heterocycles. The third kappa shape index (κ3) is 3.52. The highest BCUT2D eigenvalue weighted by atomic mass is 16.2. The lowest BCUT2D eigenvalue weighted by atomic mass is 10.1. The third-order valence-corrected chi connectivity index (χ3v) is 3.25. The predicted octanol–water partition coefficient (Wildman–Crippen LogP) is 1.23. The fourth-order valence-corrected chi connectivity index (χ4v) is 1.92. The third-order valence-electron chi connectivity index (χ3n) is 3.25. The lowest BCUT2D eigenvalue weighted by Crippen LogP contribution is -2.42. The summed E-state index contributed by atoms with van der Waals surface area (Å²) in [5.41, 5.74) is 6.20. The second-order valence-electron chi connectivity index (χ2n) is 5.67. The first-order valence-electron chi connectivity index (χ1n) is 6.87. The molecule has 0 spiro atoms. The van der Waals surface area contributed by atoms with Gasteiger partial charge in [0.05, 0.1) is 11.8 Å². The highest BCUT2D eigenvalue weighted by molar-refractivity contribution is 6.05. The maximum atomic E-state index is 12.3. The van der Waals surface area contributed by atoms with Crippen LogP contribution in [0.2, 0.25) is 0 Å². The van der Waals surface area contributed by atoms with Crippen molar-refractivity contribution in [2.45, 2.75) is 19.4 Å². The van der Waals surface area contributed by atoms with E-state index in [9.17, 15) is 9.59 Å². The highest BCUT2D eigenvalue weighted by Gasteiger charge is 2.22. The molecule has 0 unspecified atom stereocenters. The summed E-state index contributed by atoms with van der Waals surface area (Å²) in [5.74, 6) is -0.710. The number of carbonyl (C=O) groups is 2. The van der Waals surface area contributed by atoms with Crippen LogP contribution in [0.25, 0.3) is 0 Å². The monoisotopic (exact) mass is 314 g/mol. The van der Waals surface area contributed by atoms with E-state index in [1.165, 1.54) is 23.2 Å². The summed E-state index contributed by atoms with van der Waals surface area (Å²) in [4.78, 5) is 31.3. The number of anilines is 2. The van der Waals surface area contributed by atoms with E-state index in [2.05, 4.69) is 15.3 Å². The molecule has 2 rings (SSSR count). The number of aromatic amines is 2. The predicted molar refractivity (Wildman–Crippen MR) is 85.9 cm³/mol. The van der Waals surface area contributed by atoms with Gasteiger partial charge >= 0.3 is 0 Å². The molecule has 0 atom stereocenters. The number of nitrogens with zero attached hydrogens (tertiary/aromatic N) is 2. The van der Waals surface area contributed by atoms with Crippen molar-refractivity contribution in [3.63, 3.8) is 0 Å². The summed E-state index contributed by atoms with van der Waals surface area (Å²) in [6.45, 7) is 3.19. The number of nitrogen functional groups attached to an aromatic ring is 1. The van der Waals surface area contributed by atoms with Crippen LogP contribution in [0.3, 0.4) is 0 Å². The minimum absolute atomic E-state index is 0.258. The van der Waals surface area contributed by atoms with Crippen LogP contribution in [0.15, 0.2) is 24.5 Å². The molecule has 2 heterocycles. The van der Waals surface area contributed by atoms with Gasteiger partial charge in [-0.1, -0.05) is 0 Å². The molecule has 0 saturated carbocycles. The number of aromatic nitrogens is 2. The first kappa shape index (κ1) is 16.2. The number of rotatable bonds is 4. The van der Waals surface area contributed by atoms with E-state index in [4.69, 9.17) is 11.0 Å². The molecular weight excluding hydrogens is 296 g/mol. The van der Waals surface area contributed by atoms with Gasteiger partial charge < -0.3 is 25.9 Å². The van der Waals surface area contributed by atoms with Gasteiger partial charge in [0.1, 0.15) is 16.9 Å². The zero-order valence-corrected chi connectivity index (χ0v) is 13.1. The van der Waals surface area contributed by atoms with Gasteiger partial charge in [0, 0.05) is 25.1 Å². The van der Waals surface area contributed by atoms with Gasteiger partial charge in [0.15, 0.2) is 0 Å². The van der Waals surface area contributed by atoms with E-state index < -0.39 is 11.4 Å². The van der Waals surface area contributed by atoms with E-state index in [-0.39, 0.29) is 11.6 Å². The number of carbonyl (C=O) groups excluding carboxylic acids is 2. The Morgan fingerprint density at radius 1 is 1.26 bits per heavy atom. The quantitative estimate of drug-likeness (QED) is 0.676. The Hall–Kier alpha value is -3.21.